The largest absolute Gasteiger partial charge is 0.368 e. The van der Waals surface area contributed by atoms with Gasteiger partial charge in [-0.3, -0.25) is 0 Å². The molecule has 0 bridgehead atoms. The zero-order valence-electron chi connectivity index (χ0n) is 11.9. The number of benzene rings is 1. The number of nitrogens with zero attached hydrogens (tertiary/aromatic N) is 5. The molecule has 0 unspecified atom stereocenters. The van der Waals surface area contributed by atoms with E-state index in [4.69, 9.17) is 5.73 Å². The summed E-state index contributed by atoms with van der Waals surface area (Å²) in [6.45, 7) is 1.63. The van der Waals surface area contributed by atoms with Gasteiger partial charge in [-0.1, -0.05) is 15.9 Å². The van der Waals surface area contributed by atoms with Crippen molar-refractivity contribution in [3.63, 3.8) is 0 Å². The summed E-state index contributed by atoms with van der Waals surface area (Å²) in [6, 6.07) is 2.92. The highest BCUT2D eigenvalue weighted by Gasteiger charge is 2.18. The normalized spacial score (nSPS) is 12.0. The van der Waals surface area contributed by atoms with Crippen molar-refractivity contribution in [2.75, 3.05) is 12.0 Å². The lowest BCUT2D eigenvalue weighted by molar-refractivity contribution is 0.592. The first kappa shape index (κ1) is 15.7. The second-order valence-corrected chi connectivity index (χ2v) is 7.61. The molecule has 3 rings (SSSR count). The summed E-state index contributed by atoms with van der Waals surface area (Å²) < 4.78 is 38.6. The smallest absolute Gasteiger partial charge is 0.258 e. The molecule has 0 spiro atoms. The Bertz CT molecular complexity index is 1030. The first-order valence-corrected chi connectivity index (χ1v) is 8.91. The van der Waals surface area contributed by atoms with Crippen LogP contribution in [0.3, 0.4) is 0 Å². The average Bonchev–Trinajstić information content (AvgIpc) is 2.88. The minimum atomic E-state index is -3.64. The Hall–Kier alpha value is -2.14. The topological polar surface area (TPSA) is 116 Å². The van der Waals surface area contributed by atoms with Crippen molar-refractivity contribution in [2.24, 2.45) is 0 Å². The van der Waals surface area contributed by atoms with E-state index < -0.39 is 20.8 Å². The Morgan fingerprint density at radius 3 is 2.57 bits per heavy atom. The van der Waals surface area contributed by atoms with Gasteiger partial charge in [0.05, 0.1) is 0 Å². The molecular formula is C12H10BrFN6O2S. The van der Waals surface area contributed by atoms with Gasteiger partial charge in [-0.15, -0.1) is 5.10 Å². The third-order valence-corrected chi connectivity index (χ3v) is 4.75. The number of halogens is 2. The molecule has 23 heavy (non-hydrogen) atoms. The van der Waals surface area contributed by atoms with Gasteiger partial charge in [0.15, 0.2) is 5.82 Å². The molecule has 2 N–H and O–H groups in total. The molecule has 2 aromatic heterocycles. The molecule has 11 heteroatoms. The molecule has 0 saturated heterocycles. The van der Waals surface area contributed by atoms with Crippen LogP contribution in [0.25, 0.3) is 17.2 Å². The molecule has 0 radical (unpaired) electrons. The number of nitrogens with two attached hydrogens (primary N) is 1. The lowest BCUT2D eigenvalue weighted by Crippen LogP contribution is -2.11. The van der Waals surface area contributed by atoms with Crippen LogP contribution in [0, 0.1) is 12.7 Å². The molecule has 0 aliphatic heterocycles. The highest BCUT2D eigenvalue weighted by Crippen LogP contribution is 2.26. The SMILES string of the molecule is Cc1c(F)cc(-c2nc3nc(S(C)(=O)=O)nc(N)n3n2)cc1Br. The maximum Gasteiger partial charge on any atom is 0.258 e. The van der Waals surface area contributed by atoms with Crippen LogP contribution in [0.15, 0.2) is 21.8 Å². The standard InChI is InChI=1S/C12H10BrFN6O2S/c1-5-7(13)3-6(4-8(5)14)9-16-11-18-12(23(2,21)22)17-10(15)20(11)19-9/h3-4H,1-2H3,(H2,15,16,17,18,19). The zero-order valence-corrected chi connectivity index (χ0v) is 14.4. The zero-order chi connectivity index (χ0) is 16.9. The first-order valence-electron chi connectivity index (χ1n) is 6.23. The predicted octanol–water partition coefficient (Wildman–Crippen LogP) is 1.38. The molecule has 0 atom stereocenters. The lowest BCUT2D eigenvalue weighted by atomic mass is 10.1. The Kier molecular flexibility index (Phi) is 3.56. The Balaban J connectivity index is 2.23. The number of hydrogen-bond acceptors (Lipinski definition) is 7. The fourth-order valence-electron chi connectivity index (χ4n) is 1.85. The van der Waals surface area contributed by atoms with Crippen LogP contribution in [-0.2, 0) is 9.84 Å². The molecule has 1 aromatic carbocycles. The van der Waals surface area contributed by atoms with E-state index in [-0.39, 0.29) is 17.6 Å². The number of hydrogen-bond donors (Lipinski definition) is 1. The highest BCUT2D eigenvalue weighted by molar-refractivity contribution is 9.10. The van der Waals surface area contributed by atoms with E-state index in [1.165, 1.54) is 6.07 Å². The van der Waals surface area contributed by atoms with Crippen LogP contribution >= 0.6 is 15.9 Å². The molecule has 0 aliphatic carbocycles. The molecule has 120 valence electrons. The van der Waals surface area contributed by atoms with Gasteiger partial charge in [0.1, 0.15) is 5.82 Å². The van der Waals surface area contributed by atoms with Gasteiger partial charge in [0.2, 0.25) is 15.8 Å². The number of fused-ring (bicyclic) bond motifs is 1. The number of anilines is 1. The van der Waals surface area contributed by atoms with Crippen molar-refractivity contribution < 1.29 is 12.8 Å². The summed E-state index contributed by atoms with van der Waals surface area (Å²) in [4.78, 5) is 11.6. The van der Waals surface area contributed by atoms with Crippen LogP contribution in [0.4, 0.5) is 10.3 Å². The van der Waals surface area contributed by atoms with Crippen LogP contribution in [-0.4, -0.2) is 39.2 Å². The summed E-state index contributed by atoms with van der Waals surface area (Å²) >= 11 is 3.26. The molecule has 8 nitrogen and oxygen atoms in total. The van der Waals surface area contributed by atoms with Crippen molar-refractivity contribution in [3.05, 3.63) is 28.0 Å². The number of aromatic nitrogens is 5. The summed E-state index contributed by atoms with van der Waals surface area (Å²) in [6.07, 6.45) is 0.960. The van der Waals surface area contributed by atoms with Crippen molar-refractivity contribution in [3.8, 4) is 11.4 Å². The molecule has 0 amide bonds. The van der Waals surface area contributed by atoms with E-state index in [0.29, 0.717) is 15.6 Å². The minimum absolute atomic E-state index is 0.0370. The van der Waals surface area contributed by atoms with Crippen molar-refractivity contribution in [2.45, 2.75) is 12.1 Å². The summed E-state index contributed by atoms with van der Waals surface area (Å²) in [5, 5.41) is 3.64. The number of nitrogen functional groups attached to an aromatic ring is 1. The van der Waals surface area contributed by atoms with Crippen LogP contribution in [0.2, 0.25) is 0 Å². The van der Waals surface area contributed by atoms with Crippen LogP contribution in [0.1, 0.15) is 5.56 Å². The molecular weight excluding hydrogens is 391 g/mol. The van der Waals surface area contributed by atoms with Gasteiger partial charge in [0, 0.05) is 16.3 Å². The van der Waals surface area contributed by atoms with E-state index in [1.807, 2.05) is 0 Å². The third-order valence-electron chi connectivity index (χ3n) is 3.08. The number of rotatable bonds is 2. The molecule has 0 aliphatic rings. The maximum atomic E-state index is 13.9. The molecule has 3 aromatic rings. The monoisotopic (exact) mass is 400 g/mol. The van der Waals surface area contributed by atoms with Crippen molar-refractivity contribution in [1.82, 2.24) is 24.6 Å². The van der Waals surface area contributed by atoms with Gasteiger partial charge < -0.3 is 5.73 Å². The van der Waals surface area contributed by atoms with Gasteiger partial charge >= 0.3 is 0 Å². The summed E-state index contributed by atoms with van der Waals surface area (Å²) in [5.74, 6) is -0.494. The second-order valence-electron chi connectivity index (χ2n) is 4.85. The van der Waals surface area contributed by atoms with E-state index in [9.17, 15) is 12.8 Å². The molecule has 2 heterocycles. The van der Waals surface area contributed by atoms with Gasteiger partial charge in [0.25, 0.3) is 10.9 Å². The fraction of sp³-hybridized carbons (Fsp3) is 0.167. The van der Waals surface area contributed by atoms with Gasteiger partial charge in [-0.2, -0.15) is 19.5 Å². The third kappa shape index (κ3) is 2.77. The summed E-state index contributed by atoms with van der Waals surface area (Å²) in [7, 11) is -3.64. The maximum absolute atomic E-state index is 13.9. The first-order chi connectivity index (χ1) is 10.7. The molecule has 0 fully saturated rings. The van der Waals surface area contributed by atoms with Gasteiger partial charge in [-0.05, 0) is 24.6 Å². The predicted molar refractivity (Wildman–Crippen MR) is 83.9 cm³/mol. The average molecular weight is 401 g/mol. The second kappa shape index (κ2) is 5.20. The Labute approximate surface area is 138 Å². The Morgan fingerprint density at radius 1 is 1.26 bits per heavy atom. The van der Waals surface area contributed by atoms with Crippen molar-refractivity contribution in [1.29, 1.82) is 0 Å². The number of sulfone groups is 1. The van der Waals surface area contributed by atoms with E-state index in [2.05, 4.69) is 36.0 Å². The van der Waals surface area contributed by atoms with Crippen LogP contribution < -0.4 is 5.73 Å². The van der Waals surface area contributed by atoms with E-state index >= 15 is 0 Å². The van der Waals surface area contributed by atoms with Crippen molar-refractivity contribution >= 4 is 37.5 Å². The quantitative estimate of drug-likeness (QED) is 0.690. The van der Waals surface area contributed by atoms with Gasteiger partial charge in [-0.25, -0.2) is 12.8 Å². The fourth-order valence-corrected chi connectivity index (χ4v) is 2.79. The minimum Gasteiger partial charge on any atom is -0.368 e. The van der Waals surface area contributed by atoms with E-state index in [1.54, 1.807) is 13.0 Å². The van der Waals surface area contributed by atoms with Crippen LogP contribution in [0.5, 0.6) is 0 Å². The molecule has 0 saturated carbocycles. The lowest BCUT2D eigenvalue weighted by Gasteiger charge is -2.02. The van der Waals surface area contributed by atoms with E-state index in [0.717, 1.165) is 10.8 Å². The Morgan fingerprint density at radius 2 is 1.96 bits per heavy atom. The highest BCUT2D eigenvalue weighted by atomic mass is 79.9. The summed E-state index contributed by atoms with van der Waals surface area (Å²) in [5.41, 5.74) is 6.54.